The van der Waals surface area contributed by atoms with Crippen LogP contribution in [0, 0.1) is 10.1 Å². The number of pyridine rings is 1. The van der Waals surface area contributed by atoms with E-state index in [1.165, 1.54) is 41.5 Å². The number of phosphoric ester groups is 2. The van der Waals surface area contributed by atoms with Crippen molar-refractivity contribution in [1.29, 1.82) is 0 Å². The molecule has 4 aromatic rings. The number of aliphatic hydroxyl groups excluding tert-OH is 1. The van der Waals surface area contributed by atoms with Crippen LogP contribution in [-0.2, 0) is 41.7 Å². The number of unbranched alkanes of at least 4 members (excludes halogenated alkanes) is 1. The zero-order valence-electron chi connectivity index (χ0n) is 31.4. The van der Waals surface area contributed by atoms with Crippen LogP contribution in [0.1, 0.15) is 38.1 Å². The lowest BCUT2D eigenvalue weighted by Crippen LogP contribution is -2.43. The Kier molecular flexibility index (Phi) is 14.8. The average Bonchev–Trinajstić information content (AvgIpc) is 3.89. The van der Waals surface area contributed by atoms with Gasteiger partial charge in [-0.15, -0.1) is 0 Å². The van der Waals surface area contributed by atoms with Gasteiger partial charge in [-0.3, -0.25) is 42.3 Å². The van der Waals surface area contributed by atoms with Crippen molar-refractivity contribution in [1.82, 2.24) is 38.8 Å². The van der Waals surface area contributed by atoms with Crippen LogP contribution >= 0.6 is 27.6 Å². The molecule has 0 saturated carbocycles. The molecule has 0 aromatic carbocycles. The molecule has 2 aliphatic heterocycles. The highest BCUT2D eigenvalue weighted by molar-refractivity contribution is 7.97. The number of nitrogens with zero attached hydrogens (tertiary/aromatic N) is 8. The molecule has 0 spiro atoms. The summed E-state index contributed by atoms with van der Waals surface area (Å²) >= 11 is 0.975. The fourth-order valence-electron chi connectivity index (χ4n) is 6.22. The Labute approximate surface area is 347 Å². The monoisotopic (exact) mass is 918 g/mol. The first kappa shape index (κ1) is 45.9. The van der Waals surface area contributed by atoms with Crippen molar-refractivity contribution in [2.75, 3.05) is 31.2 Å². The number of fused-ring (bicyclic) bond motifs is 1. The maximum absolute atomic E-state index is 13.4. The van der Waals surface area contributed by atoms with Crippen LogP contribution in [0.3, 0.4) is 0 Å². The fraction of sp³-hybridized carbons (Fsp3) is 0.500. The van der Waals surface area contributed by atoms with Crippen molar-refractivity contribution in [2.24, 2.45) is 5.73 Å². The largest absolute Gasteiger partial charge is 0.472 e. The number of nitrogens with two attached hydrogens (primary N) is 3. The van der Waals surface area contributed by atoms with Crippen LogP contribution < -0.4 is 27.6 Å². The number of hydrogen-bond donors (Lipinski definition) is 8. The molecule has 31 heteroatoms. The highest BCUT2D eigenvalue weighted by Crippen LogP contribution is 2.50. The lowest BCUT2D eigenvalue weighted by Gasteiger charge is -2.24. The molecule has 11 N–H and O–H groups in total. The van der Waals surface area contributed by atoms with Crippen LogP contribution in [0.15, 0.2) is 53.1 Å². The van der Waals surface area contributed by atoms with Crippen LogP contribution in [0.4, 0.5) is 17.3 Å². The van der Waals surface area contributed by atoms with Crippen molar-refractivity contribution in [3.63, 3.8) is 0 Å². The number of aromatic nitrogens is 7. The van der Waals surface area contributed by atoms with Gasteiger partial charge in [-0.2, -0.15) is 4.98 Å². The predicted molar refractivity (Wildman–Crippen MR) is 206 cm³/mol. The topological polar surface area (TPSA) is 412 Å². The molecule has 9 atom stereocenters. The van der Waals surface area contributed by atoms with Crippen molar-refractivity contribution >= 4 is 62.0 Å². The molecule has 0 amide bonds. The summed E-state index contributed by atoms with van der Waals surface area (Å²) in [5, 5.41) is 22.9. The second kappa shape index (κ2) is 19.6. The van der Waals surface area contributed by atoms with Gasteiger partial charge in [0.25, 0.3) is 0 Å². The van der Waals surface area contributed by atoms with Crippen molar-refractivity contribution < 1.29 is 66.4 Å². The van der Waals surface area contributed by atoms with E-state index in [0.29, 0.717) is 19.4 Å². The maximum atomic E-state index is 13.4. The third-order valence-corrected chi connectivity index (χ3v) is 11.5. The molecule has 4 aromatic heterocycles. The zero-order valence-corrected chi connectivity index (χ0v) is 34.0. The zero-order chi connectivity index (χ0) is 44.1. The minimum absolute atomic E-state index is 0.00967. The molecule has 6 rings (SSSR count). The van der Waals surface area contributed by atoms with E-state index in [-0.39, 0.29) is 46.4 Å². The predicted octanol–water partition coefficient (Wildman–Crippen LogP) is -0.586. The summed E-state index contributed by atoms with van der Waals surface area (Å²) in [6, 6.07) is 2.83. The lowest BCUT2D eigenvalue weighted by molar-refractivity contribution is -0.388. The maximum Gasteiger partial charge on any atom is 0.472 e. The van der Waals surface area contributed by atoms with E-state index in [0.717, 1.165) is 22.8 Å². The summed E-state index contributed by atoms with van der Waals surface area (Å²) in [5.41, 5.74) is 16.9. The summed E-state index contributed by atoms with van der Waals surface area (Å²) in [5.74, 6) is -1.06. The second-order valence-corrected chi connectivity index (χ2v) is 16.9. The Morgan fingerprint density at radius 2 is 1.85 bits per heavy atom. The second-order valence-electron chi connectivity index (χ2n) is 13.3. The normalized spacial score (nSPS) is 24.4. The first-order valence-electron chi connectivity index (χ1n) is 18.0. The minimum Gasteiger partial charge on any atom is -0.455 e. The molecule has 2 aliphatic rings. The first-order valence-corrected chi connectivity index (χ1v) is 21.8. The number of aliphatic hydroxyl groups is 1. The number of nitrogens with one attached hydrogen (secondary N) is 1. The van der Waals surface area contributed by atoms with Gasteiger partial charge in [-0.05, 0) is 36.9 Å². The average molecular weight is 919 g/mol. The van der Waals surface area contributed by atoms with E-state index in [4.69, 9.17) is 40.5 Å². The number of rotatable bonds is 20. The number of nitrogen functional groups attached to an aromatic ring is 2. The quantitative estimate of drug-likeness (QED) is 0.0137. The van der Waals surface area contributed by atoms with Crippen LogP contribution in [-0.4, -0.2) is 121 Å². The molecule has 2 fully saturated rings. The number of nitro groups is 1. The summed E-state index contributed by atoms with van der Waals surface area (Å²) in [4.78, 5) is 85.6. The highest BCUT2D eigenvalue weighted by Gasteiger charge is 2.50. The van der Waals surface area contributed by atoms with E-state index in [1.54, 1.807) is 0 Å². The van der Waals surface area contributed by atoms with Crippen LogP contribution in [0.5, 0.6) is 0 Å². The standard InChI is InChI=1S/C30H40N12O16P2S/c31-15(4-1-2-8-38-61-27-16(42(46)47)5-3-7-34-27)29(44)57-24-19(56-28(23(24)43)41-14-37-22-25(33)35-13-36-26(22)41)12-54-60(51,52)58-17-10-21(40-9-6-20(32)39-30(40)45)55-18(17)11-53-59(48,49)50/h3,5-7,9,13-15,17-19,21,23-24,28,38,43H,1-2,4,8,10-12,31H2,(H,51,52)(H2,32,39,45)(H2,33,35,36)(H2,48,49,50)/t15-,17+,18-,19+,21-,23-,24-,28-/m1/s1. The molecule has 2 saturated heterocycles. The molecule has 0 aliphatic carbocycles. The lowest BCUT2D eigenvalue weighted by atomic mass is 10.1. The molecule has 0 bridgehead atoms. The van der Waals surface area contributed by atoms with E-state index in [1.807, 2.05) is 0 Å². The van der Waals surface area contributed by atoms with Gasteiger partial charge >= 0.3 is 33.0 Å². The number of ether oxygens (including phenoxy) is 3. The van der Waals surface area contributed by atoms with E-state index in [9.17, 15) is 48.6 Å². The Morgan fingerprint density at radius 3 is 2.59 bits per heavy atom. The molecule has 332 valence electrons. The minimum atomic E-state index is -5.19. The molecule has 6 heterocycles. The van der Waals surface area contributed by atoms with Crippen molar-refractivity contribution in [2.45, 2.75) is 79.7 Å². The van der Waals surface area contributed by atoms with Crippen LogP contribution in [0.2, 0.25) is 0 Å². The molecular formula is C30H40N12O16P2S. The summed E-state index contributed by atoms with van der Waals surface area (Å²) in [6.45, 7) is -1.34. The molecule has 0 radical (unpaired) electrons. The van der Waals surface area contributed by atoms with Gasteiger partial charge in [-0.1, -0.05) is 6.42 Å². The third-order valence-electron chi connectivity index (χ3n) is 9.11. The number of carbonyl (C=O) groups is 1. The third kappa shape index (κ3) is 11.7. The smallest absolute Gasteiger partial charge is 0.455 e. The Bertz CT molecular complexity index is 2360. The number of esters is 1. The van der Waals surface area contributed by atoms with Gasteiger partial charge in [0.1, 0.15) is 54.3 Å². The Morgan fingerprint density at radius 1 is 1.08 bits per heavy atom. The molecule has 61 heavy (non-hydrogen) atoms. The molecule has 28 nitrogen and oxygen atoms in total. The molecule has 1 unspecified atom stereocenters. The number of anilines is 2. The number of phosphoric acid groups is 2. The number of imidazole rings is 1. The van der Waals surface area contributed by atoms with Gasteiger partial charge in [-0.25, -0.2) is 33.9 Å². The van der Waals surface area contributed by atoms with E-state index in [2.05, 4.69) is 34.2 Å². The number of hydrogen-bond acceptors (Lipinski definition) is 23. The van der Waals surface area contributed by atoms with Crippen molar-refractivity contribution in [3.8, 4) is 0 Å². The van der Waals surface area contributed by atoms with Crippen LogP contribution in [0.25, 0.3) is 11.2 Å². The van der Waals surface area contributed by atoms with Gasteiger partial charge in [0.15, 0.2) is 28.8 Å². The molecular weight excluding hydrogens is 878 g/mol. The van der Waals surface area contributed by atoms with E-state index < -0.39 is 94.5 Å². The van der Waals surface area contributed by atoms with Crippen molar-refractivity contribution in [3.05, 3.63) is 63.8 Å². The summed E-state index contributed by atoms with van der Waals surface area (Å²) < 4.78 is 62.6. The SMILES string of the molecule is Nc1ccn([C@H]2C[C@H](OP(=O)(O)OC[C@@H]3O[C@@H](n4cnc5c(N)ncnc54)[C@H](O)[C@@H]3OC(=O)[C@H](N)CCCCNSc3ncccc3[N+](=O)[O-])[C@@H](COP(=O)(O)O)O2)c(=O)n1. The Hall–Kier alpha value is -4.58. The van der Waals surface area contributed by atoms with Gasteiger partial charge in [0.05, 0.1) is 24.5 Å². The highest BCUT2D eigenvalue weighted by atomic mass is 32.2. The number of carbonyl (C=O) groups excluding carboxylic acids is 1. The first-order chi connectivity index (χ1) is 28.9. The summed E-state index contributed by atoms with van der Waals surface area (Å²) in [6.07, 6.45) is -4.58. The fourth-order valence-corrected chi connectivity index (χ4v) is 8.27. The van der Waals surface area contributed by atoms with Gasteiger partial charge < -0.3 is 51.2 Å². The Balaban J connectivity index is 1.11. The van der Waals surface area contributed by atoms with Gasteiger partial charge in [0, 0.05) is 31.4 Å². The summed E-state index contributed by atoms with van der Waals surface area (Å²) in [7, 11) is -10.3. The van der Waals surface area contributed by atoms with Gasteiger partial charge in [0.2, 0.25) is 0 Å². The van der Waals surface area contributed by atoms with E-state index >= 15 is 0 Å².